The molecule has 0 spiro atoms. The standard InChI is InChI=1S/C16H20FNO3/c1-11(14(19)21-2)18-15(20)16(8-3-4-9-16)12-6-5-7-13(17)10-12/h5-7,10-11H,3-4,8-9H2,1-2H3,(H,18,20)/t11-/m0/s1. The van der Waals surface area contributed by atoms with Gasteiger partial charge in [-0.1, -0.05) is 25.0 Å². The van der Waals surface area contributed by atoms with Gasteiger partial charge in [0.2, 0.25) is 5.91 Å². The van der Waals surface area contributed by atoms with Gasteiger partial charge in [-0.05, 0) is 37.5 Å². The minimum Gasteiger partial charge on any atom is -0.467 e. The van der Waals surface area contributed by atoms with Crippen molar-refractivity contribution in [1.29, 1.82) is 0 Å². The van der Waals surface area contributed by atoms with Gasteiger partial charge in [0.1, 0.15) is 11.9 Å². The van der Waals surface area contributed by atoms with Crippen LogP contribution in [-0.2, 0) is 19.7 Å². The van der Waals surface area contributed by atoms with Gasteiger partial charge in [0.15, 0.2) is 0 Å². The fraction of sp³-hybridized carbons (Fsp3) is 0.500. The summed E-state index contributed by atoms with van der Waals surface area (Å²) < 4.78 is 18.1. The summed E-state index contributed by atoms with van der Waals surface area (Å²) in [6, 6.07) is 5.45. The second kappa shape index (κ2) is 6.24. The molecular formula is C16H20FNO3. The molecule has 0 radical (unpaired) electrons. The third-order valence-electron chi connectivity index (χ3n) is 4.17. The van der Waals surface area contributed by atoms with Gasteiger partial charge in [0, 0.05) is 0 Å². The molecule has 5 heteroatoms. The number of carbonyl (C=O) groups excluding carboxylic acids is 2. The molecule has 1 aromatic carbocycles. The maximum Gasteiger partial charge on any atom is 0.328 e. The van der Waals surface area contributed by atoms with E-state index in [1.54, 1.807) is 19.1 Å². The molecule has 1 fully saturated rings. The quantitative estimate of drug-likeness (QED) is 0.867. The molecule has 1 N–H and O–H groups in total. The number of esters is 1. The SMILES string of the molecule is COC(=O)[C@H](C)NC(=O)C1(c2cccc(F)c2)CCCC1. The number of amides is 1. The van der Waals surface area contributed by atoms with Crippen molar-refractivity contribution in [2.75, 3.05) is 7.11 Å². The van der Waals surface area contributed by atoms with Crippen LogP contribution in [0, 0.1) is 5.82 Å². The molecule has 1 aromatic rings. The number of hydrogen-bond acceptors (Lipinski definition) is 3. The van der Waals surface area contributed by atoms with Crippen molar-refractivity contribution in [1.82, 2.24) is 5.32 Å². The average molecular weight is 293 g/mol. The largest absolute Gasteiger partial charge is 0.467 e. The number of nitrogens with one attached hydrogen (secondary N) is 1. The minimum absolute atomic E-state index is 0.233. The van der Waals surface area contributed by atoms with E-state index in [0.717, 1.165) is 12.8 Å². The molecule has 0 bridgehead atoms. The first kappa shape index (κ1) is 15.5. The summed E-state index contributed by atoms with van der Waals surface area (Å²) >= 11 is 0. The van der Waals surface area contributed by atoms with Crippen molar-refractivity contribution in [3.05, 3.63) is 35.6 Å². The summed E-state index contributed by atoms with van der Waals surface area (Å²) in [7, 11) is 1.28. The monoisotopic (exact) mass is 293 g/mol. The Morgan fingerprint density at radius 1 is 1.33 bits per heavy atom. The van der Waals surface area contributed by atoms with E-state index in [4.69, 9.17) is 0 Å². The van der Waals surface area contributed by atoms with Gasteiger partial charge in [0.25, 0.3) is 0 Å². The fourth-order valence-electron chi connectivity index (χ4n) is 2.98. The van der Waals surface area contributed by atoms with Crippen molar-refractivity contribution in [2.24, 2.45) is 0 Å². The number of rotatable bonds is 4. The van der Waals surface area contributed by atoms with Crippen LogP contribution in [0.3, 0.4) is 0 Å². The summed E-state index contributed by atoms with van der Waals surface area (Å²) in [6.07, 6.45) is 3.15. The Labute approximate surface area is 123 Å². The minimum atomic E-state index is -0.746. The Hall–Kier alpha value is -1.91. The van der Waals surface area contributed by atoms with Gasteiger partial charge >= 0.3 is 5.97 Å². The second-order valence-electron chi connectivity index (χ2n) is 5.52. The lowest BCUT2D eigenvalue weighted by atomic mass is 9.77. The first-order valence-corrected chi connectivity index (χ1v) is 7.14. The molecule has 2 rings (SSSR count). The highest BCUT2D eigenvalue weighted by atomic mass is 19.1. The molecule has 0 heterocycles. The highest BCUT2D eigenvalue weighted by molar-refractivity contribution is 5.92. The van der Waals surface area contributed by atoms with Gasteiger partial charge in [-0.3, -0.25) is 4.79 Å². The number of ether oxygens (including phenoxy) is 1. The predicted molar refractivity (Wildman–Crippen MR) is 76.2 cm³/mol. The van der Waals surface area contributed by atoms with Gasteiger partial charge in [0.05, 0.1) is 12.5 Å². The molecule has 1 amide bonds. The van der Waals surface area contributed by atoms with Gasteiger partial charge in [-0.15, -0.1) is 0 Å². The van der Waals surface area contributed by atoms with E-state index < -0.39 is 17.4 Å². The molecule has 1 saturated carbocycles. The predicted octanol–water partition coefficient (Wildman–Crippen LogP) is 2.32. The normalized spacial score (nSPS) is 18.0. The van der Waals surface area contributed by atoms with Crippen LogP contribution in [0.5, 0.6) is 0 Å². The number of methoxy groups -OCH3 is 1. The molecule has 1 aliphatic carbocycles. The summed E-state index contributed by atoms with van der Waals surface area (Å²) in [5.41, 5.74) is -0.0701. The van der Waals surface area contributed by atoms with E-state index in [1.807, 2.05) is 0 Å². The Kier molecular flexibility index (Phi) is 4.60. The number of hydrogen-bond donors (Lipinski definition) is 1. The van der Waals surface area contributed by atoms with Gasteiger partial charge in [-0.25, -0.2) is 9.18 Å². The van der Waals surface area contributed by atoms with Crippen LogP contribution < -0.4 is 5.32 Å². The van der Waals surface area contributed by atoms with E-state index in [1.165, 1.54) is 19.2 Å². The highest BCUT2D eigenvalue weighted by Crippen LogP contribution is 2.41. The Morgan fingerprint density at radius 3 is 2.57 bits per heavy atom. The van der Waals surface area contributed by atoms with Crippen LogP contribution >= 0.6 is 0 Å². The zero-order valence-corrected chi connectivity index (χ0v) is 12.3. The Morgan fingerprint density at radius 2 is 2.00 bits per heavy atom. The molecule has 0 aliphatic heterocycles. The maximum atomic E-state index is 13.5. The molecule has 0 unspecified atom stereocenters. The zero-order chi connectivity index (χ0) is 15.5. The lowest BCUT2D eigenvalue weighted by Gasteiger charge is -2.29. The van der Waals surface area contributed by atoms with Crippen molar-refractivity contribution in [2.45, 2.75) is 44.1 Å². The summed E-state index contributed by atoms with van der Waals surface area (Å²) in [5.74, 6) is -1.08. The molecule has 4 nitrogen and oxygen atoms in total. The van der Waals surface area contributed by atoms with Gasteiger partial charge < -0.3 is 10.1 Å². The molecule has 21 heavy (non-hydrogen) atoms. The van der Waals surface area contributed by atoms with Crippen LogP contribution in [0.25, 0.3) is 0 Å². The van der Waals surface area contributed by atoms with Crippen LogP contribution in [-0.4, -0.2) is 25.0 Å². The van der Waals surface area contributed by atoms with Crippen molar-refractivity contribution in [3.8, 4) is 0 Å². The van der Waals surface area contributed by atoms with E-state index in [0.29, 0.717) is 18.4 Å². The first-order chi connectivity index (χ1) is 9.99. The smallest absolute Gasteiger partial charge is 0.328 e. The summed E-state index contributed by atoms with van der Waals surface area (Å²) in [4.78, 5) is 24.1. The van der Waals surface area contributed by atoms with Crippen LogP contribution in [0.4, 0.5) is 4.39 Å². The van der Waals surface area contributed by atoms with Crippen LogP contribution in [0.15, 0.2) is 24.3 Å². The lowest BCUT2D eigenvalue weighted by molar-refractivity contribution is -0.145. The van der Waals surface area contributed by atoms with Crippen LogP contribution in [0.1, 0.15) is 38.2 Å². The third kappa shape index (κ3) is 3.06. The molecule has 1 atom stereocenters. The van der Waals surface area contributed by atoms with Crippen molar-refractivity contribution < 1.29 is 18.7 Å². The zero-order valence-electron chi connectivity index (χ0n) is 12.3. The molecule has 114 valence electrons. The average Bonchev–Trinajstić information content (AvgIpc) is 2.97. The Balaban J connectivity index is 2.26. The highest BCUT2D eigenvalue weighted by Gasteiger charge is 2.43. The third-order valence-corrected chi connectivity index (χ3v) is 4.17. The molecule has 0 saturated heterocycles. The van der Waals surface area contributed by atoms with E-state index >= 15 is 0 Å². The molecular weight excluding hydrogens is 273 g/mol. The van der Waals surface area contributed by atoms with Crippen molar-refractivity contribution >= 4 is 11.9 Å². The topological polar surface area (TPSA) is 55.4 Å². The number of carbonyl (C=O) groups is 2. The number of halogens is 1. The van der Waals surface area contributed by atoms with E-state index in [9.17, 15) is 14.0 Å². The van der Waals surface area contributed by atoms with Gasteiger partial charge in [-0.2, -0.15) is 0 Å². The first-order valence-electron chi connectivity index (χ1n) is 7.14. The lowest BCUT2D eigenvalue weighted by Crippen LogP contribution is -2.48. The summed E-state index contributed by atoms with van der Waals surface area (Å²) in [5, 5.41) is 2.70. The summed E-state index contributed by atoms with van der Waals surface area (Å²) in [6.45, 7) is 1.58. The van der Waals surface area contributed by atoms with Crippen LogP contribution in [0.2, 0.25) is 0 Å². The maximum absolute atomic E-state index is 13.5. The van der Waals surface area contributed by atoms with E-state index in [2.05, 4.69) is 10.1 Å². The second-order valence-corrected chi connectivity index (χ2v) is 5.52. The Bertz CT molecular complexity index is 538. The van der Waals surface area contributed by atoms with Crippen molar-refractivity contribution in [3.63, 3.8) is 0 Å². The fourth-order valence-corrected chi connectivity index (χ4v) is 2.98. The molecule has 0 aromatic heterocycles. The molecule has 1 aliphatic rings. The van der Waals surface area contributed by atoms with E-state index in [-0.39, 0.29) is 11.7 Å². The number of benzene rings is 1.